The summed E-state index contributed by atoms with van der Waals surface area (Å²) in [5.74, 6) is 0. The molecule has 0 aliphatic heterocycles. The van der Waals surface area contributed by atoms with E-state index in [-0.39, 0.29) is 0 Å². The molecule has 0 aromatic heterocycles. The third-order valence-corrected chi connectivity index (χ3v) is 9.89. The summed E-state index contributed by atoms with van der Waals surface area (Å²) in [6.45, 7) is 23.0. The summed E-state index contributed by atoms with van der Waals surface area (Å²) >= 11 is 0. The first kappa shape index (κ1) is 22.3. The second-order valence-electron chi connectivity index (χ2n) is 10.2. The van der Waals surface area contributed by atoms with E-state index in [1.54, 1.807) is 0 Å². The molecule has 0 spiro atoms. The molecular weight excluding hydrogens is 392 g/mol. The van der Waals surface area contributed by atoms with Crippen molar-refractivity contribution < 1.29 is 0 Å². The minimum Gasteiger partial charge on any atom is -0.0906 e. The molecule has 0 aliphatic rings. The highest BCUT2D eigenvalue weighted by atomic mass is 28.3. The van der Waals surface area contributed by atoms with Crippen molar-refractivity contribution in [3.8, 4) is 0 Å². The van der Waals surface area contributed by atoms with E-state index in [2.05, 4.69) is 125 Å². The maximum atomic E-state index is 4.39. The van der Waals surface area contributed by atoms with Crippen molar-refractivity contribution in [2.24, 2.45) is 0 Å². The molecule has 0 unspecified atom stereocenters. The minimum atomic E-state index is -1.29. The van der Waals surface area contributed by atoms with Gasteiger partial charge in [0.05, 0.1) is 16.1 Å². The van der Waals surface area contributed by atoms with Crippen LogP contribution < -0.4 is 10.4 Å². The molecule has 0 amide bonds. The van der Waals surface area contributed by atoms with Gasteiger partial charge >= 0.3 is 0 Å². The monoisotopic (exact) mass is 426 g/mol. The van der Waals surface area contributed by atoms with E-state index in [1.807, 2.05) is 0 Å². The van der Waals surface area contributed by atoms with Gasteiger partial charge in [0.15, 0.2) is 0 Å². The molecular formula is C28H34Si2. The number of hydrogen-bond donors (Lipinski definition) is 0. The van der Waals surface area contributed by atoms with Gasteiger partial charge in [-0.3, -0.25) is 0 Å². The number of benzene rings is 3. The number of rotatable bonds is 6. The Labute approximate surface area is 185 Å². The van der Waals surface area contributed by atoms with Gasteiger partial charge in [-0.15, -0.1) is 0 Å². The molecule has 3 rings (SSSR count). The Bertz CT molecular complexity index is 973. The van der Waals surface area contributed by atoms with E-state index >= 15 is 0 Å². The third kappa shape index (κ3) is 5.00. The Morgan fingerprint density at radius 1 is 0.500 bits per heavy atom. The molecule has 0 N–H and O–H groups in total. The molecule has 0 bridgehead atoms. The van der Waals surface area contributed by atoms with Gasteiger partial charge in [0, 0.05) is 0 Å². The summed E-state index contributed by atoms with van der Waals surface area (Å²) in [5, 5.41) is 2.95. The minimum absolute atomic E-state index is 1.06. The first-order chi connectivity index (χ1) is 14.0. The van der Waals surface area contributed by atoms with E-state index in [4.69, 9.17) is 0 Å². The highest BCUT2D eigenvalue weighted by Gasteiger charge is 2.17. The summed E-state index contributed by atoms with van der Waals surface area (Å²) in [6, 6.07) is 26.5. The smallest absolute Gasteiger partial charge is 0.0775 e. The summed E-state index contributed by atoms with van der Waals surface area (Å²) < 4.78 is 0. The average Bonchev–Trinajstić information content (AvgIpc) is 2.71. The molecule has 0 atom stereocenters. The van der Waals surface area contributed by atoms with Crippen LogP contribution in [0.2, 0.25) is 39.3 Å². The summed E-state index contributed by atoms with van der Waals surface area (Å²) in [6.07, 6.45) is 0. The Balaban J connectivity index is 1.85. The standard InChI is InChI=1S/C28H34Si2/c1-21(23-12-16-27(17-13-23)29(3,4)5)25-10-9-11-26(20-25)22(2)24-14-18-28(19-15-24)30(6,7)8/h9-20H,1-2H2,3-8H3. The largest absolute Gasteiger partial charge is 0.0906 e. The Hall–Kier alpha value is -2.43. The van der Waals surface area contributed by atoms with Crippen molar-refractivity contribution in [2.75, 3.05) is 0 Å². The lowest BCUT2D eigenvalue weighted by molar-refractivity contribution is 1.51. The average molecular weight is 427 g/mol. The van der Waals surface area contributed by atoms with Crippen molar-refractivity contribution >= 4 is 37.7 Å². The fraction of sp³-hybridized carbons (Fsp3) is 0.214. The zero-order chi connectivity index (χ0) is 22.1. The molecule has 3 aromatic rings. The van der Waals surface area contributed by atoms with Gasteiger partial charge in [0.25, 0.3) is 0 Å². The van der Waals surface area contributed by atoms with Crippen molar-refractivity contribution in [1.82, 2.24) is 0 Å². The second-order valence-corrected chi connectivity index (χ2v) is 20.3. The molecule has 0 saturated carbocycles. The zero-order valence-electron chi connectivity index (χ0n) is 19.3. The van der Waals surface area contributed by atoms with Crippen molar-refractivity contribution in [1.29, 1.82) is 0 Å². The van der Waals surface area contributed by atoms with E-state index in [0.717, 1.165) is 22.3 Å². The van der Waals surface area contributed by atoms with Crippen LogP contribution in [0.25, 0.3) is 11.1 Å². The van der Waals surface area contributed by atoms with Gasteiger partial charge in [0.2, 0.25) is 0 Å². The highest BCUT2D eigenvalue weighted by Crippen LogP contribution is 2.27. The molecule has 2 heteroatoms. The van der Waals surface area contributed by atoms with Crippen LogP contribution >= 0.6 is 0 Å². The molecule has 0 heterocycles. The van der Waals surface area contributed by atoms with E-state index < -0.39 is 16.1 Å². The number of hydrogen-bond acceptors (Lipinski definition) is 0. The van der Waals surface area contributed by atoms with Gasteiger partial charge in [-0.05, 0) is 39.5 Å². The highest BCUT2D eigenvalue weighted by molar-refractivity contribution is 6.89. The van der Waals surface area contributed by atoms with E-state index in [0.29, 0.717) is 0 Å². The third-order valence-electron chi connectivity index (χ3n) is 5.76. The Kier molecular flexibility index (Phi) is 6.21. The molecule has 0 fully saturated rings. The molecule has 0 saturated heterocycles. The van der Waals surface area contributed by atoms with Crippen LogP contribution in [0.5, 0.6) is 0 Å². The predicted octanol–water partition coefficient (Wildman–Crippen LogP) is 6.90. The molecule has 154 valence electrons. The summed E-state index contributed by atoms with van der Waals surface area (Å²) in [5.41, 5.74) is 6.77. The van der Waals surface area contributed by atoms with Gasteiger partial charge < -0.3 is 0 Å². The molecule has 0 nitrogen and oxygen atoms in total. The van der Waals surface area contributed by atoms with E-state index in [1.165, 1.54) is 21.5 Å². The van der Waals surface area contributed by atoms with Gasteiger partial charge in [-0.25, -0.2) is 0 Å². The SMILES string of the molecule is C=C(c1ccc([Si](C)(C)C)cc1)c1cccc(C(=C)c2ccc([Si](C)(C)C)cc2)c1. The van der Waals surface area contributed by atoms with Crippen LogP contribution in [0, 0.1) is 0 Å². The van der Waals surface area contributed by atoms with Gasteiger partial charge in [0.1, 0.15) is 0 Å². The van der Waals surface area contributed by atoms with Crippen LogP contribution in [0.1, 0.15) is 22.3 Å². The Morgan fingerprint density at radius 3 is 1.13 bits per heavy atom. The first-order valence-corrected chi connectivity index (χ1v) is 17.7. The summed E-state index contributed by atoms with van der Waals surface area (Å²) in [7, 11) is -2.57. The summed E-state index contributed by atoms with van der Waals surface area (Å²) in [4.78, 5) is 0. The van der Waals surface area contributed by atoms with Crippen LogP contribution in [-0.2, 0) is 0 Å². The van der Waals surface area contributed by atoms with Crippen LogP contribution in [0.15, 0.2) is 86.0 Å². The Morgan fingerprint density at radius 2 is 0.833 bits per heavy atom. The van der Waals surface area contributed by atoms with Crippen molar-refractivity contribution in [3.63, 3.8) is 0 Å². The van der Waals surface area contributed by atoms with Crippen molar-refractivity contribution in [2.45, 2.75) is 39.3 Å². The zero-order valence-corrected chi connectivity index (χ0v) is 21.3. The maximum Gasteiger partial charge on any atom is 0.0775 e. The maximum absolute atomic E-state index is 4.39. The van der Waals surface area contributed by atoms with Crippen LogP contribution in [-0.4, -0.2) is 16.1 Å². The van der Waals surface area contributed by atoms with Gasteiger partial charge in [-0.1, -0.05) is 130 Å². The topological polar surface area (TPSA) is 0 Å². The quantitative estimate of drug-likeness (QED) is 0.376. The van der Waals surface area contributed by atoms with E-state index in [9.17, 15) is 0 Å². The predicted molar refractivity (Wildman–Crippen MR) is 142 cm³/mol. The second kappa shape index (κ2) is 8.37. The van der Waals surface area contributed by atoms with Crippen LogP contribution in [0.3, 0.4) is 0 Å². The lowest BCUT2D eigenvalue weighted by Crippen LogP contribution is -2.37. The molecule has 3 aromatic carbocycles. The van der Waals surface area contributed by atoms with Crippen LogP contribution in [0.4, 0.5) is 0 Å². The first-order valence-electron chi connectivity index (χ1n) is 10.7. The molecule has 0 aliphatic carbocycles. The molecule has 0 radical (unpaired) electrons. The fourth-order valence-electron chi connectivity index (χ4n) is 3.57. The van der Waals surface area contributed by atoms with Crippen molar-refractivity contribution in [3.05, 3.63) is 108 Å². The lowest BCUT2D eigenvalue weighted by Gasteiger charge is -2.18. The normalized spacial score (nSPS) is 11.9. The molecule has 30 heavy (non-hydrogen) atoms. The fourth-order valence-corrected chi connectivity index (χ4v) is 5.90. The lowest BCUT2D eigenvalue weighted by atomic mass is 9.94. The van der Waals surface area contributed by atoms with Gasteiger partial charge in [-0.2, -0.15) is 0 Å².